The van der Waals surface area contributed by atoms with Crippen molar-refractivity contribution in [3.05, 3.63) is 22.5 Å². The maximum atomic E-state index is 12.0. The summed E-state index contributed by atoms with van der Waals surface area (Å²) in [5.41, 5.74) is 3.28. The van der Waals surface area contributed by atoms with Gasteiger partial charge in [-0.2, -0.15) is 0 Å². The Kier molecular flexibility index (Phi) is 6.21. The number of H-pyrrole nitrogens is 1. The van der Waals surface area contributed by atoms with E-state index in [-0.39, 0.29) is 18.0 Å². The van der Waals surface area contributed by atoms with Gasteiger partial charge < -0.3 is 19.8 Å². The van der Waals surface area contributed by atoms with Crippen molar-refractivity contribution in [1.82, 2.24) is 10.3 Å². The van der Waals surface area contributed by atoms with Crippen LogP contribution in [0.2, 0.25) is 0 Å². The van der Waals surface area contributed by atoms with Gasteiger partial charge in [-0.1, -0.05) is 0 Å². The second kappa shape index (κ2) is 8.15. The number of nitrogens with one attached hydrogen (secondary N) is 2. The van der Waals surface area contributed by atoms with Crippen LogP contribution in [0.15, 0.2) is 0 Å². The maximum absolute atomic E-state index is 12.0. The molecule has 1 aliphatic heterocycles. The Balaban J connectivity index is 1.87. The van der Waals surface area contributed by atoms with Crippen molar-refractivity contribution in [2.75, 3.05) is 19.8 Å². The minimum absolute atomic E-state index is 0.0122. The Bertz CT molecular complexity index is 559. The van der Waals surface area contributed by atoms with Crippen LogP contribution in [0.3, 0.4) is 0 Å². The Morgan fingerprint density at radius 3 is 2.83 bits per heavy atom. The minimum atomic E-state index is -0.345. The van der Waals surface area contributed by atoms with Gasteiger partial charge in [0.05, 0.1) is 12.7 Å². The summed E-state index contributed by atoms with van der Waals surface area (Å²) in [7, 11) is 0. The molecule has 1 aromatic heterocycles. The molecule has 1 fully saturated rings. The van der Waals surface area contributed by atoms with Crippen molar-refractivity contribution in [3.63, 3.8) is 0 Å². The Morgan fingerprint density at radius 1 is 1.39 bits per heavy atom. The van der Waals surface area contributed by atoms with Crippen LogP contribution in [0, 0.1) is 13.8 Å². The third-order valence-electron chi connectivity index (χ3n) is 4.23. The van der Waals surface area contributed by atoms with E-state index < -0.39 is 0 Å². The van der Waals surface area contributed by atoms with Crippen molar-refractivity contribution in [2.45, 2.75) is 52.6 Å². The molecule has 1 aliphatic rings. The first kappa shape index (κ1) is 17.5. The fourth-order valence-corrected chi connectivity index (χ4v) is 2.93. The van der Waals surface area contributed by atoms with E-state index >= 15 is 0 Å². The number of esters is 1. The number of aromatic amines is 1. The molecule has 6 heteroatoms. The first-order valence-corrected chi connectivity index (χ1v) is 8.26. The van der Waals surface area contributed by atoms with Crippen molar-refractivity contribution in [2.24, 2.45) is 0 Å². The highest BCUT2D eigenvalue weighted by Crippen LogP contribution is 2.20. The van der Waals surface area contributed by atoms with Crippen LogP contribution >= 0.6 is 0 Å². The van der Waals surface area contributed by atoms with Gasteiger partial charge in [-0.25, -0.2) is 4.79 Å². The molecule has 1 atom stereocenters. The summed E-state index contributed by atoms with van der Waals surface area (Å²) >= 11 is 0. The number of ether oxygens (including phenoxy) is 2. The Labute approximate surface area is 136 Å². The Morgan fingerprint density at radius 2 is 2.17 bits per heavy atom. The number of carbonyl (C=O) groups is 2. The smallest absolute Gasteiger partial charge is 0.355 e. The van der Waals surface area contributed by atoms with Gasteiger partial charge in [0, 0.05) is 25.3 Å². The largest absolute Gasteiger partial charge is 0.461 e. The van der Waals surface area contributed by atoms with Gasteiger partial charge >= 0.3 is 5.97 Å². The molecule has 2 rings (SSSR count). The molecule has 0 unspecified atom stereocenters. The number of hydrogen-bond acceptors (Lipinski definition) is 4. The molecule has 0 saturated carbocycles. The number of hydrogen-bond donors (Lipinski definition) is 2. The lowest BCUT2D eigenvalue weighted by atomic mass is 10.0. The molecule has 2 N–H and O–H groups in total. The van der Waals surface area contributed by atoms with Crippen molar-refractivity contribution in [3.8, 4) is 0 Å². The summed E-state index contributed by atoms with van der Waals surface area (Å²) < 4.78 is 10.5. The summed E-state index contributed by atoms with van der Waals surface area (Å²) in [6.07, 6.45) is 3.24. The molecule has 0 spiro atoms. The predicted molar refractivity (Wildman–Crippen MR) is 86.5 cm³/mol. The van der Waals surface area contributed by atoms with E-state index in [9.17, 15) is 9.59 Å². The average Bonchev–Trinajstić information content (AvgIpc) is 3.12. The third-order valence-corrected chi connectivity index (χ3v) is 4.23. The SMILES string of the molecule is CCOC(=O)c1[nH]c(C)c(CCC(=O)NC[C@H]2CCCO2)c1C. The van der Waals surface area contributed by atoms with Gasteiger partial charge in [0.15, 0.2) is 0 Å². The molecule has 0 bridgehead atoms. The zero-order chi connectivity index (χ0) is 16.8. The average molecular weight is 322 g/mol. The van der Waals surface area contributed by atoms with Crippen LogP contribution in [0.1, 0.15) is 53.5 Å². The van der Waals surface area contributed by atoms with Gasteiger partial charge in [0.1, 0.15) is 5.69 Å². The van der Waals surface area contributed by atoms with E-state index in [4.69, 9.17) is 9.47 Å². The maximum Gasteiger partial charge on any atom is 0.355 e. The summed E-state index contributed by atoms with van der Waals surface area (Å²) in [5, 5.41) is 2.92. The molecule has 128 valence electrons. The zero-order valence-corrected chi connectivity index (χ0v) is 14.2. The van der Waals surface area contributed by atoms with Crippen molar-refractivity contribution in [1.29, 1.82) is 0 Å². The fourth-order valence-electron chi connectivity index (χ4n) is 2.93. The third kappa shape index (κ3) is 4.58. The lowest BCUT2D eigenvalue weighted by Crippen LogP contribution is -2.31. The lowest BCUT2D eigenvalue weighted by Gasteiger charge is -2.10. The highest BCUT2D eigenvalue weighted by Gasteiger charge is 2.19. The zero-order valence-electron chi connectivity index (χ0n) is 14.2. The normalized spacial score (nSPS) is 17.3. The molecule has 6 nitrogen and oxygen atoms in total. The first-order valence-electron chi connectivity index (χ1n) is 8.26. The standard InChI is InChI=1S/C17H26N2O4/c1-4-22-17(21)16-11(2)14(12(3)19-16)7-8-15(20)18-10-13-6-5-9-23-13/h13,19H,4-10H2,1-3H3,(H,18,20)/t13-/m1/s1. The van der Waals surface area contributed by atoms with Crippen LogP contribution in [-0.2, 0) is 20.7 Å². The topological polar surface area (TPSA) is 80.4 Å². The second-order valence-electron chi connectivity index (χ2n) is 5.89. The number of rotatable bonds is 7. The fraction of sp³-hybridized carbons (Fsp3) is 0.647. The summed E-state index contributed by atoms with van der Waals surface area (Å²) in [6.45, 7) is 7.29. The minimum Gasteiger partial charge on any atom is -0.461 e. The van der Waals surface area contributed by atoms with Crippen LogP contribution in [0.25, 0.3) is 0 Å². The Hall–Kier alpha value is -1.82. The molecular formula is C17H26N2O4. The molecule has 1 amide bonds. The van der Waals surface area contributed by atoms with E-state index in [0.29, 0.717) is 31.7 Å². The van der Waals surface area contributed by atoms with E-state index in [1.54, 1.807) is 6.92 Å². The number of aromatic nitrogens is 1. The first-order chi connectivity index (χ1) is 11.0. The quantitative estimate of drug-likeness (QED) is 0.753. The van der Waals surface area contributed by atoms with E-state index in [1.165, 1.54) is 0 Å². The molecule has 23 heavy (non-hydrogen) atoms. The molecular weight excluding hydrogens is 296 g/mol. The van der Waals surface area contributed by atoms with Gasteiger partial charge in [-0.15, -0.1) is 0 Å². The van der Waals surface area contributed by atoms with Gasteiger partial charge in [0.2, 0.25) is 5.91 Å². The molecule has 0 aliphatic carbocycles. The molecule has 2 heterocycles. The van der Waals surface area contributed by atoms with Crippen LogP contribution in [0.4, 0.5) is 0 Å². The van der Waals surface area contributed by atoms with Crippen molar-refractivity contribution >= 4 is 11.9 Å². The monoisotopic (exact) mass is 322 g/mol. The highest BCUT2D eigenvalue weighted by atomic mass is 16.5. The van der Waals surface area contributed by atoms with Gasteiger partial charge in [0.25, 0.3) is 0 Å². The summed E-state index contributed by atoms with van der Waals surface area (Å²) in [4.78, 5) is 26.9. The summed E-state index contributed by atoms with van der Waals surface area (Å²) in [5.74, 6) is -0.333. The number of amides is 1. The lowest BCUT2D eigenvalue weighted by molar-refractivity contribution is -0.121. The van der Waals surface area contributed by atoms with E-state index in [1.807, 2.05) is 13.8 Å². The predicted octanol–water partition coefficient (Wildman–Crippen LogP) is 2.04. The van der Waals surface area contributed by atoms with Crippen LogP contribution in [-0.4, -0.2) is 42.7 Å². The highest BCUT2D eigenvalue weighted by molar-refractivity contribution is 5.90. The number of carbonyl (C=O) groups excluding carboxylic acids is 2. The van der Waals surface area contributed by atoms with E-state index in [2.05, 4.69) is 10.3 Å². The molecule has 1 saturated heterocycles. The van der Waals surface area contributed by atoms with Gasteiger partial charge in [-0.05, 0) is 51.2 Å². The van der Waals surface area contributed by atoms with Gasteiger partial charge in [-0.3, -0.25) is 4.79 Å². The summed E-state index contributed by atoms with van der Waals surface area (Å²) in [6, 6.07) is 0. The van der Waals surface area contributed by atoms with Crippen LogP contribution in [0.5, 0.6) is 0 Å². The van der Waals surface area contributed by atoms with Crippen molar-refractivity contribution < 1.29 is 19.1 Å². The van der Waals surface area contributed by atoms with Crippen LogP contribution < -0.4 is 5.32 Å². The second-order valence-corrected chi connectivity index (χ2v) is 5.89. The van der Waals surface area contributed by atoms with E-state index in [0.717, 1.165) is 36.3 Å². The number of aryl methyl sites for hydroxylation is 1. The molecule has 0 aromatic carbocycles. The molecule has 1 aromatic rings. The molecule has 0 radical (unpaired) electrons.